The summed E-state index contributed by atoms with van der Waals surface area (Å²) >= 11 is 0. The number of nitrogens with zero attached hydrogens (tertiary/aromatic N) is 2. The molecule has 0 aromatic carbocycles. The van der Waals surface area contributed by atoms with Crippen molar-refractivity contribution < 1.29 is 24.0 Å². The third-order valence-electron chi connectivity index (χ3n) is 6.60. The Balaban J connectivity index is 1.33. The van der Waals surface area contributed by atoms with Gasteiger partial charge in [0.15, 0.2) is 0 Å². The molecule has 4 aliphatic rings. The Bertz CT molecular complexity index is 706. The van der Waals surface area contributed by atoms with Crippen molar-refractivity contribution in [1.29, 1.82) is 0 Å². The number of rotatable bonds is 4. The second-order valence-corrected chi connectivity index (χ2v) is 8.32. The molecule has 28 heavy (non-hydrogen) atoms. The summed E-state index contributed by atoms with van der Waals surface area (Å²) in [7, 11) is 0. The van der Waals surface area contributed by atoms with Gasteiger partial charge in [-0.05, 0) is 25.7 Å². The zero-order chi connectivity index (χ0) is 19.9. The van der Waals surface area contributed by atoms with E-state index in [1.165, 1.54) is 4.90 Å². The molecule has 0 bridgehead atoms. The minimum Gasteiger partial charge on any atom is -0.322 e. The number of hydrogen-bond acceptors (Lipinski definition) is 5. The Kier molecular flexibility index (Phi) is 4.84. The highest BCUT2D eigenvalue weighted by Crippen LogP contribution is 2.38. The molecular weight excluding hydrogens is 364 g/mol. The third-order valence-corrected chi connectivity index (χ3v) is 6.60. The normalized spacial score (nSPS) is 29.3. The van der Waals surface area contributed by atoms with Gasteiger partial charge in [0.25, 0.3) is 5.91 Å². The van der Waals surface area contributed by atoms with E-state index in [1.807, 2.05) is 0 Å². The van der Waals surface area contributed by atoms with Crippen LogP contribution in [0.15, 0.2) is 0 Å². The Morgan fingerprint density at radius 3 is 2.18 bits per heavy atom. The van der Waals surface area contributed by atoms with E-state index in [9.17, 15) is 24.0 Å². The second-order valence-electron chi connectivity index (χ2n) is 8.32. The van der Waals surface area contributed by atoms with Crippen molar-refractivity contribution in [1.82, 2.24) is 20.7 Å². The predicted octanol–water partition coefficient (Wildman–Crippen LogP) is 0.838. The molecule has 4 fully saturated rings. The fourth-order valence-electron chi connectivity index (χ4n) is 5.06. The standard InChI is InChI=1S/C19H26N4O5/c24-14(8-11-22-15(25)12-6-2-3-7-13(12)16(22)26)21-23-17(27)19(20-18(23)28)9-4-1-5-10-19/h12-13H,1-11H2,(H,20,28)(H,21,24)/t12-,13+. The molecule has 9 nitrogen and oxygen atoms in total. The second kappa shape index (κ2) is 7.18. The molecule has 0 unspecified atom stereocenters. The average molecular weight is 390 g/mol. The van der Waals surface area contributed by atoms with Crippen LogP contribution < -0.4 is 10.7 Å². The number of hydrogen-bond donors (Lipinski definition) is 2. The van der Waals surface area contributed by atoms with Gasteiger partial charge in [0.1, 0.15) is 5.54 Å². The molecule has 2 heterocycles. The summed E-state index contributed by atoms with van der Waals surface area (Å²) in [6, 6.07) is -0.625. The van der Waals surface area contributed by atoms with Crippen LogP contribution in [0.5, 0.6) is 0 Å². The monoisotopic (exact) mass is 390 g/mol. The lowest BCUT2D eigenvalue weighted by Gasteiger charge is -2.30. The molecule has 0 aromatic heterocycles. The summed E-state index contributed by atoms with van der Waals surface area (Å²) in [5, 5.41) is 3.47. The van der Waals surface area contributed by atoms with Crippen molar-refractivity contribution in [2.24, 2.45) is 11.8 Å². The number of imide groups is 2. The molecule has 1 spiro atoms. The SMILES string of the molecule is O=C(CCN1C(=O)[C@H]2CCCC[C@H]2C1=O)NN1C(=O)NC2(CCCCC2)C1=O. The first-order valence-corrected chi connectivity index (χ1v) is 10.2. The quantitative estimate of drug-likeness (QED) is 0.545. The van der Waals surface area contributed by atoms with E-state index in [1.54, 1.807) is 0 Å². The van der Waals surface area contributed by atoms with Gasteiger partial charge in [0, 0.05) is 13.0 Å². The van der Waals surface area contributed by atoms with Gasteiger partial charge in [-0.15, -0.1) is 0 Å². The maximum absolute atomic E-state index is 12.7. The van der Waals surface area contributed by atoms with E-state index < -0.39 is 23.4 Å². The van der Waals surface area contributed by atoms with Gasteiger partial charge < -0.3 is 5.32 Å². The molecule has 2 saturated heterocycles. The number of carbonyl (C=O) groups is 5. The third kappa shape index (κ3) is 3.06. The first-order valence-electron chi connectivity index (χ1n) is 10.2. The highest BCUT2D eigenvalue weighted by atomic mass is 16.2. The fourth-order valence-corrected chi connectivity index (χ4v) is 5.06. The Morgan fingerprint density at radius 1 is 0.964 bits per heavy atom. The van der Waals surface area contributed by atoms with Crippen LogP contribution in [-0.4, -0.2) is 51.7 Å². The van der Waals surface area contributed by atoms with Crippen LogP contribution in [-0.2, 0) is 19.2 Å². The lowest BCUT2D eigenvalue weighted by molar-refractivity contribution is -0.142. The zero-order valence-corrected chi connectivity index (χ0v) is 15.9. The number of carbonyl (C=O) groups excluding carboxylic acids is 5. The van der Waals surface area contributed by atoms with Crippen LogP contribution in [0.4, 0.5) is 4.79 Å². The number of likely N-dealkylation sites (tertiary alicyclic amines) is 1. The van der Waals surface area contributed by atoms with Crippen molar-refractivity contribution in [2.45, 2.75) is 69.7 Å². The minimum absolute atomic E-state index is 0.0225. The molecule has 2 aliphatic heterocycles. The summed E-state index contributed by atoms with van der Waals surface area (Å²) in [6.07, 6.45) is 7.09. The Labute approximate surface area is 163 Å². The largest absolute Gasteiger partial charge is 0.344 e. The maximum Gasteiger partial charge on any atom is 0.344 e. The van der Waals surface area contributed by atoms with E-state index in [-0.39, 0.29) is 36.6 Å². The predicted molar refractivity (Wildman–Crippen MR) is 96.1 cm³/mol. The van der Waals surface area contributed by atoms with Gasteiger partial charge in [0.2, 0.25) is 17.7 Å². The van der Waals surface area contributed by atoms with E-state index in [0.717, 1.165) is 50.0 Å². The van der Waals surface area contributed by atoms with Gasteiger partial charge in [-0.2, -0.15) is 5.01 Å². The van der Waals surface area contributed by atoms with E-state index in [2.05, 4.69) is 10.7 Å². The summed E-state index contributed by atoms with van der Waals surface area (Å²) in [4.78, 5) is 63.3. The van der Waals surface area contributed by atoms with E-state index in [4.69, 9.17) is 0 Å². The molecule has 152 valence electrons. The van der Waals surface area contributed by atoms with Crippen LogP contribution in [0.3, 0.4) is 0 Å². The van der Waals surface area contributed by atoms with Crippen molar-refractivity contribution in [3.8, 4) is 0 Å². The first-order chi connectivity index (χ1) is 13.4. The van der Waals surface area contributed by atoms with E-state index in [0.29, 0.717) is 12.8 Å². The van der Waals surface area contributed by atoms with Gasteiger partial charge in [0.05, 0.1) is 11.8 Å². The van der Waals surface area contributed by atoms with Crippen molar-refractivity contribution in [3.05, 3.63) is 0 Å². The summed E-state index contributed by atoms with van der Waals surface area (Å²) in [5.41, 5.74) is 1.45. The molecule has 0 radical (unpaired) electrons. The Morgan fingerprint density at radius 2 is 1.57 bits per heavy atom. The molecule has 2 aliphatic carbocycles. The van der Waals surface area contributed by atoms with Crippen LogP contribution in [0, 0.1) is 11.8 Å². The topological polar surface area (TPSA) is 116 Å². The van der Waals surface area contributed by atoms with Crippen LogP contribution in [0.25, 0.3) is 0 Å². The number of amides is 6. The van der Waals surface area contributed by atoms with Gasteiger partial charge in [-0.3, -0.25) is 29.5 Å². The Hall–Kier alpha value is -2.45. The smallest absolute Gasteiger partial charge is 0.322 e. The maximum atomic E-state index is 12.7. The molecule has 2 saturated carbocycles. The summed E-state index contributed by atoms with van der Waals surface area (Å²) in [5.74, 6) is -1.88. The number of fused-ring (bicyclic) bond motifs is 1. The van der Waals surface area contributed by atoms with Gasteiger partial charge >= 0.3 is 6.03 Å². The lowest BCUT2D eigenvalue weighted by Crippen LogP contribution is -2.51. The molecule has 0 aromatic rings. The van der Waals surface area contributed by atoms with Crippen LogP contribution in [0.1, 0.15) is 64.2 Å². The molecule has 9 heteroatoms. The highest BCUT2D eigenvalue weighted by molar-refractivity contribution is 6.08. The molecular formula is C19H26N4O5. The van der Waals surface area contributed by atoms with Crippen LogP contribution in [0.2, 0.25) is 0 Å². The van der Waals surface area contributed by atoms with Crippen molar-refractivity contribution in [3.63, 3.8) is 0 Å². The number of hydrazine groups is 1. The summed E-state index contributed by atoms with van der Waals surface area (Å²) < 4.78 is 0. The molecule has 2 N–H and O–H groups in total. The minimum atomic E-state index is -0.904. The first kappa shape index (κ1) is 18.9. The van der Waals surface area contributed by atoms with Crippen molar-refractivity contribution >= 4 is 29.7 Å². The molecule has 6 amide bonds. The number of nitrogens with one attached hydrogen (secondary N) is 2. The lowest BCUT2D eigenvalue weighted by atomic mass is 9.81. The van der Waals surface area contributed by atoms with Crippen molar-refractivity contribution in [2.75, 3.05) is 6.54 Å². The molecule has 4 rings (SSSR count). The van der Waals surface area contributed by atoms with E-state index >= 15 is 0 Å². The highest BCUT2D eigenvalue weighted by Gasteiger charge is 2.52. The van der Waals surface area contributed by atoms with Gasteiger partial charge in [-0.25, -0.2) is 4.79 Å². The zero-order valence-electron chi connectivity index (χ0n) is 15.9. The summed E-state index contributed by atoms with van der Waals surface area (Å²) in [6.45, 7) is -0.0225. The molecule has 2 atom stereocenters. The average Bonchev–Trinajstić information content (AvgIpc) is 3.07. The fraction of sp³-hybridized carbons (Fsp3) is 0.737. The van der Waals surface area contributed by atoms with Gasteiger partial charge in [-0.1, -0.05) is 32.1 Å². The van der Waals surface area contributed by atoms with Crippen LogP contribution >= 0.6 is 0 Å². The number of urea groups is 1.